The number of carbonyl (C=O) groups excluding carboxylic acids is 1. The number of aromatic nitrogens is 5. The lowest BCUT2D eigenvalue weighted by molar-refractivity contribution is -0.117. The van der Waals surface area contributed by atoms with Gasteiger partial charge in [0, 0.05) is 12.7 Å². The molecule has 0 atom stereocenters. The number of rotatable bonds is 4. The highest BCUT2D eigenvalue weighted by atomic mass is 16.2. The van der Waals surface area contributed by atoms with E-state index >= 15 is 0 Å². The van der Waals surface area contributed by atoms with Crippen LogP contribution < -0.4 is 11.1 Å². The molecule has 0 bridgehead atoms. The zero-order valence-electron chi connectivity index (χ0n) is 8.95. The quantitative estimate of drug-likeness (QED) is 0.712. The van der Waals surface area contributed by atoms with E-state index < -0.39 is 0 Å². The number of nitrogens with two attached hydrogens (primary N) is 1. The zero-order valence-corrected chi connectivity index (χ0v) is 8.95. The maximum atomic E-state index is 11.6. The summed E-state index contributed by atoms with van der Waals surface area (Å²) in [5.74, 6) is 0.149. The fourth-order valence-corrected chi connectivity index (χ4v) is 1.21. The molecule has 0 aliphatic heterocycles. The maximum absolute atomic E-state index is 11.6. The standard InChI is InChI=1S/C9H11N7O/c10-4-7-5-16(15-13-7)6-9(17)12-8-2-1-3-11-14-8/h1-3,5H,4,6,10H2,(H,12,14,17). The molecule has 1 amide bonds. The molecule has 3 N–H and O–H groups in total. The summed E-state index contributed by atoms with van der Waals surface area (Å²) in [4.78, 5) is 11.6. The summed E-state index contributed by atoms with van der Waals surface area (Å²) in [7, 11) is 0. The van der Waals surface area contributed by atoms with Crippen molar-refractivity contribution in [1.82, 2.24) is 25.2 Å². The molecule has 0 saturated heterocycles. The van der Waals surface area contributed by atoms with Crippen LogP contribution in [0.1, 0.15) is 5.69 Å². The lowest BCUT2D eigenvalue weighted by Gasteiger charge is -2.02. The van der Waals surface area contributed by atoms with Crippen molar-refractivity contribution in [3.8, 4) is 0 Å². The molecular formula is C9H11N7O. The molecule has 0 radical (unpaired) electrons. The molecule has 2 heterocycles. The van der Waals surface area contributed by atoms with Crippen LogP contribution in [0.2, 0.25) is 0 Å². The second kappa shape index (κ2) is 5.12. The molecule has 2 rings (SSSR count). The van der Waals surface area contributed by atoms with E-state index in [-0.39, 0.29) is 12.5 Å². The third kappa shape index (κ3) is 3.05. The van der Waals surface area contributed by atoms with Gasteiger partial charge in [0.2, 0.25) is 5.91 Å². The Hall–Kier alpha value is -2.35. The van der Waals surface area contributed by atoms with Gasteiger partial charge >= 0.3 is 0 Å². The Morgan fingerprint density at radius 1 is 1.47 bits per heavy atom. The molecule has 0 aliphatic carbocycles. The molecule has 0 aliphatic rings. The first-order valence-corrected chi connectivity index (χ1v) is 4.94. The van der Waals surface area contributed by atoms with Gasteiger partial charge in [-0.05, 0) is 12.1 Å². The number of nitrogens with one attached hydrogen (secondary N) is 1. The summed E-state index contributed by atoms with van der Waals surface area (Å²) < 4.78 is 1.41. The van der Waals surface area contributed by atoms with Crippen molar-refractivity contribution in [3.05, 3.63) is 30.2 Å². The van der Waals surface area contributed by atoms with E-state index in [1.54, 1.807) is 18.3 Å². The summed E-state index contributed by atoms with van der Waals surface area (Å²) in [5, 5.41) is 17.5. The van der Waals surface area contributed by atoms with Gasteiger partial charge in [-0.2, -0.15) is 5.10 Å². The SMILES string of the molecule is NCc1cn(CC(=O)Nc2cccnn2)nn1. The summed E-state index contributed by atoms with van der Waals surface area (Å²) in [6.07, 6.45) is 3.15. The lowest BCUT2D eigenvalue weighted by Crippen LogP contribution is -2.19. The van der Waals surface area contributed by atoms with Gasteiger partial charge in [0.25, 0.3) is 0 Å². The van der Waals surface area contributed by atoms with Crippen LogP contribution in [0.4, 0.5) is 5.82 Å². The average molecular weight is 233 g/mol. The lowest BCUT2D eigenvalue weighted by atomic mass is 10.5. The van der Waals surface area contributed by atoms with Crippen molar-refractivity contribution in [3.63, 3.8) is 0 Å². The average Bonchev–Trinajstić information content (AvgIpc) is 2.78. The molecule has 0 unspecified atom stereocenters. The predicted molar refractivity (Wildman–Crippen MR) is 58.6 cm³/mol. The molecule has 0 saturated carbocycles. The molecule has 2 aromatic heterocycles. The zero-order chi connectivity index (χ0) is 12.1. The highest BCUT2D eigenvalue weighted by Crippen LogP contribution is 1.98. The minimum Gasteiger partial charge on any atom is -0.325 e. The number of anilines is 1. The van der Waals surface area contributed by atoms with Crippen molar-refractivity contribution in [2.45, 2.75) is 13.1 Å². The monoisotopic (exact) mass is 233 g/mol. The maximum Gasteiger partial charge on any atom is 0.247 e. The fourth-order valence-electron chi connectivity index (χ4n) is 1.21. The molecule has 0 aromatic carbocycles. The van der Waals surface area contributed by atoms with Gasteiger partial charge < -0.3 is 11.1 Å². The van der Waals surface area contributed by atoms with Crippen LogP contribution in [-0.4, -0.2) is 31.1 Å². The number of hydrogen-bond donors (Lipinski definition) is 2. The van der Waals surface area contributed by atoms with Gasteiger partial charge in [0.05, 0.1) is 11.9 Å². The third-order valence-electron chi connectivity index (χ3n) is 1.94. The fraction of sp³-hybridized carbons (Fsp3) is 0.222. The molecule has 0 spiro atoms. The molecule has 8 heteroatoms. The van der Waals surface area contributed by atoms with Gasteiger partial charge in [-0.25, -0.2) is 4.68 Å². The van der Waals surface area contributed by atoms with E-state index in [4.69, 9.17) is 5.73 Å². The van der Waals surface area contributed by atoms with Crippen LogP contribution in [0, 0.1) is 0 Å². The van der Waals surface area contributed by atoms with Crippen molar-refractivity contribution in [1.29, 1.82) is 0 Å². The van der Waals surface area contributed by atoms with E-state index in [1.807, 2.05) is 0 Å². The van der Waals surface area contributed by atoms with Gasteiger partial charge in [0.15, 0.2) is 5.82 Å². The topological polar surface area (TPSA) is 112 Å². The first-order chi connectivity index (χ1) is 8.28. The highest BCUT2D eigenvalue weighted by molar-refractivity contribution is 5.89. The van der Waals surface area contributed by atoms with E-state index in [2.05, 4.69) is 25.8 Å². The first kappa shape index (κ1) is 11.1. The van der Waals surface area contributed by atoms with Gasteiger partial charge in [-0.1, -0.05) is 5.21 Å². The van der Waals surface area contributed by atoms with E-state index in [9.17, 15) is 4.79 Å². The van der Waals surface area contributed by atoms with Crippen LogP contribution in [-0.2, 0) is 17.9 Å². The Morgan fingerprint density at radius 2 is 2.35 bits per heavy atom. The minimum atomic E-state index is -0.251. The van der Waals surface area contributed by atoms with Gasteiger partial charge in [-0.3, -0.25) is 4.79 Å². The van der Waals surface area contributed by atoms with E-state index in [0.717, 1.165) is 0 Å². The largest absolute Gasteiger partial charge is 0.325 e. The third-order valence-corrected chi connectivity index (χ3v) is 1.94. The van der Waals surface area contributed by atoms with Crippen molar-refractivity contribution >= 4 is 11.7 Å². The highest BCUT2D eigenvalue weighted by Gasteiger charge is 2.06. The first-order valence-electron chi connectivity index (χ1n) is 4.94. The Kier molecular flexibility index (Phi) is 3.36. The van der Waals surface area contributed by atoms with Crippen molar-refractivity contribution in [2.75, 3.05) is 5.32 Å². The molecule has 2 aromatic rings. The minimum absolute atomic E-state index is 0.0591. The number of amides is 1. The van der Waals surface area contributed by atoms with Crippen LogP contribution in [0.15, 0.2) is 24.5 Å². The molecule has 17 heavy (non-hydrogen) atoms. The second-order valence-corrected chi connectivity index (χ2v) is 3.27. The molecule has 88 valence electrons. The van der Waals surface area contributed by atoms with E-state index in [0.29, 0.717) is 18.1 Å². The normalized spacial score (nSPS) is 10.2. The van der Waals surface area contributed by atoms with Crippen LogP contribution in [0.25, 0.3) is 0 Å². The Morgan fingerprint density at radius 3 is 3.00 bits per heavy atom. The van der Waals surface area contributed by atoms with Crippen LogP contribution >= 0.6 is 0 Å². The van der Waals surface area contributed by atoms with Crippen LogP contribution in [0.5, 0.6) is 0 Å². The van der Waals surface area contributed by atoms with Gasteiger partial charge in [0.1, 0.15) is 6.54 Å². The summed E-state index contributed by atoms with van der Waals surface area (Å²) in [5.41, 5.74) is 6.02. The Balaban J connectivity index is 1.93. The smallest absolute Gasteiger partial charge is 0.247 e. The number of carbonyl (C=O) groups is 1. The van der Waals surface area contributed by atoms with E-state index in [1.165, 1.54) is 10.9 Å². The van der Waals surface area contributed by atoms with Crippen molar-refractivity contribution in [2.24, 2.45) is 5.73 Å². The molecule has 0 fully saturated rings. The van der Waals surface area contributed by atoms with Crippen LogP contribution in [0.3, 0.4) is 0 Å². The van der Waals surface area contributed by atoms with Crippen molar-refractivity contribution < 1.29 is 4.79 Å². The molecular weight excluding hydrogens is 222 g/mol. The van der Waals surface area contributed by atoms with Gasteiger partial charge in [-0.15, -0.1) is 10.2 Å². The number of nitrogens with zero attached hydrogens (tertiary/aromatic N) is 5. The second-order valence-electron chi connectivity index (χ2n) is 3.27. The number of hydrogen-bond acceptors (Lipinski definition) is 6. The predicted octanol–water partition coefficient (Wildman–Crippen LogP) is -0.835. The molecule has 8 nitrogen and oxygen atoms in total. The summed E-state index contributed by atoms with van der Waals surface area (Å²) in [6, 6.07) is 3.34. The summed E-state index contributed by atoms with van der Waals surface area (Å²) >= 11 is 0. The Bertz CT molecular complexity index is 495. The summed E-state index contributed by atoms with van der Waals surface area (Å²) in [6.45, 7) is 0.357. The Labute approximate surface area is 96.8 Å².